The fourth-order valence-corrected chi connectivity index (χ4v) is 1.75. The summed E-state index contributed by atoms with van der Waals surface area (Å²) >= 11 is 6.05. The Hall–Kier alpha value is -1.74. The molecule has 3 N–H and O–H groups in total. The van der Waals surface area contributed by atoms with Crippen molar-refractivity contribution in [2.45, 2.75) is 0 Å². The summed E-state index contributed by atoms with van der Waals surface area (Å²) in [6.45, 7) is 0. The van der Waals surface area contributed by atoms with E-state index < -0.39 is 5.91 Å². The molecule has 0 bridgehead atoms. The highest BCUT2D eigenvalue weighted by molar-refractivity contribution is 6.36. The van der Waals surface area contributed by atoms with E-state index >= 15 is 0 Å². The highest BCUT2D eigenvalue weighted by Crippen LogP contribution is 2.27. The van der Waals surface area contributed by atoms with Gasteiger partial charge in [-0.15, -0.1) is 0 Å². The summed E-state index contributed by atoms with van der Waals surface area (Å²) in [5.41, 5.74) is 6.81. The van der Waals surface area contributed by atoms with Crippen LogP contribution < -0.4 is 5.73 Å². The molecule has 0 radical (unpaired) electrons. The topological polar surface area (TPSA) is 58.9 Å². The number of carbonyl (C=O) groups excluding carboxylic acids is 1. The zero-order valence-electron chi connectivity index (χ0n) is 7.83. The molecule has 0 aliphatic rings. The van der Waals surface area contributed by atoms with Crippen LogP contribution in [0.1, 0.15) is 5.56 Å². The molecule has 0 saturated heterocycles. The van der Waals surface area contributed by atoms with Crippen molar-refractivity contribution in [2.24, 2.45) is 5.73 Å². The van der Waals surface area contributed by atoms with E-state index in [0.29, 0.717) is 5.02 Å². The Labute approximate surface area is 91.5 Å². The first kappa shape index (κ1) is 9.80. The van der Waals surface area contributed by atoms with E-state index in [1.54, 1.807) is 18.3 Å². The van der Waals surface area contributed by atoms with Gasteiger partial charge in [0, 0.05) is 28.7 Å². The fourth-order valence-electron chi connectivity index (χ4n) is 1.47. The number of aromatic amines is 1. The van der Waals surface area contributed by atoms with E-state index in [4.69, 9.17) is 17.3 Å². The van der Waals surface area contributed by atoms with Gasteiger partial charge in [0.1, 0.15) is 0 Å². The Kier molecular flexibility index (Phi) is 2.47. The molecule has 0 spiro atoms. The Balaban J connectivity index is 2.57. The summed E-state index contributed by atoms with van der Waals surface area (Å²) in [5.74, 6) is -0.476. The molecule has 0 unspecified atom stereocenters. The molecule has 0 fully saturated rings. The van der Waals surface area contributed by atoms with Crippen LogP contribution in [0.5, 0.6) is 0 Å². The molecule has 0 saturated carbocycles. The second-order valence-electron chi connectivity index (χ2n) is 3.14. The number of rotatable bonds is 2. The molecular weight excluding hydrogens is 212 g/mol. The molecule has 0 aliphatic carbocycles. The van der Waals surface area contributed by atoms with E-state index in [1.807, 2.05) is 12.1 Å². The SMILES string of the molecule is NC(=O)C=Cc1c[nH]c2cccc(Cl)c12. The van der Waals surface area contributed by atoms with Crippen molar-refractivity contribution in [1.82, 2.24) is 4.98 Å². The average Bonchev–Trinajstić information content (AvgIpc) is 2.59. The summed E-state index contributed by atoms with van der Waals surface area (Å²) in [6.07, 6.45) is 4.75. The highest BCUT2D eigenvalue weighted by atomic mass is 35.5. The van der Waals surface area contributed by atoms with E-state index in [2.05, 4.69) is 4.98 Å². The standard InChI is InChI=1S/C11H9ClN2O/c12-8-2-1-3-9-11(8)7(6-14-9)4-5-10(13)15/h1-6,14H,(H2,13,15). The number of carbonyl (C=O) groups is 1. The quantitative estimate of drug-likeness (QED) is 0.750. The monoisotopic (exact) mass is 220 g/mol. The van der Waals surface area contributed by atoms with Crippen LogP contribution in [0.2, 0.25) is 5.02 Å². The maximum atomic E-state index is 10.6. The minimum atomic E-state index is -0.476. The van der Waals surface area contributed by atoms with Gasteiger partial charge in [0.15, 0.2) is 0 Å². The minimum Gasteiger partial charge on any atom is -0.366 e. The number of nitrogens with one attached hydrogen (secondary N) is 1. The molecule has 1 heterocycles. The maximum Gasteiger partial charge on any atom is 0.241 e. The third-order valence-electron chi connectivity index (χ3n) is 2.11. The Morgan fingerprint density at radius 1 is 1.47 bits per heavy atom. The van der Waals surface area contributed by atoms with Gasteiger partial charge in [-0.3, -0.25) is 4.79 Å². The lowest BCUT2D eigenvalue weighted by Gasteiger charge is -1.94. The largest absolute Gasteiger partial charge is 0.366 e. The molecule has 2 rings (SSSR count). The minimum absolute atomic E-state index is 0.476. The highest BCUT2D eigenvalue weighted by Gasteiger charge is 2.04. The second kappa shape index (κ2) is 3.79. The van der Waals surface area contributed by atoms with Crippen LogP contribution in [0, 0.1) is 0 Å². The maximum absolute atomic E-state index is 10.6. The third kappa shape index (κ3) is 1.87. The van der Waals surface area contributed by atoms with Crippen LogP contribution in [0.4, 0.5) is 0 Å². The number of halogens is 1. The number of primary amides is 1. The molecule has 1 aromatic heterocycles. The van der Waals surface area contributed by atoms with Gasteiger partial charge in [0.25, 0.3) is 0 Å². The summed E-state index contributed by atoms with van der Waals surface area (Å²) < 4.78 is 0. The Morgan fingerprint density at radius 3 is 3.00 bits per heavy atom. The van der Waals surface area contributed by atoms with Crippen LogP contribution in [-0.2, 0) is 4.79 Å². The van der Waals surface area contributed by atoms with E-state index in [0.717, 1.165) is 16.5 Å². The van der Waals surface area contributed by atoms with Crippen LogP contribution in [-0.4, -0.2) is 10.9 Å². The van der Waals surface area contributed by atoms with Gasteiger partial charge in [-0.05, 0) is 18.2 Å². The van der Waals surface area contributed by atoms with Crippen LogP contribution >= 0.6 is 11.6 Å². The number of benzene rings is 1. The molecule has 3 nitrogen and oxygen atoms in total. The Morgan fingerprint density at radius 2 is 2.27 bits per heavy atom. The number of aromatic nitrogens is 1. The average molecular weight is 221 g/mol. The molecule has 0 aliphatic heterocycles. The molecular formula is C11H9ClN2O. The molecule has 2 aromatic rings. The lowest BCUT2D eigenvalue weighted by molar-refractivity contribution is -0.113. The van der Waals surface area contributed by atoms with Crippen LogP contribution in [0.15, 0.2) is 30.5 Å². The second-order valence-corrected chi connectivity index (χ2v) is 3.55. The van der Waals surface area contributed by atoms with Crippen molar-refractivity contribution in [1.29, 1.82) is 0 Å². The van der Waals surface area contributed by atoms with E-state index in [9.17, 15) is 4.79 Å². The van der Waals surface area contributed by atoms with Crippen molar-refractivity contribution in [2.75, 3.05) is 0 Å². The first-order chi connectivity index (χ1) is 7.18. The lowest BCUT2D eigenvalue weighted by Crippen LogP contribution is -2.04. The molecule has 1 amide bonds. The van der Waals surface area contributed by atoms with Crippen LogP contribution in [0.25, 0.3) is 17.0 Å². The van der Waals surface area contributed by atoms with Crippen LogP contribution in [0.3, 0.4) is 0 Å². The predicted molar refractivity (Wildman–Crippen MR) is 61.5 cm³/mol. The smallest absolute Gasteiger partial charge is 0.241 e. The van der Waals surface area contributed by atoms with Crippen molar-refractivity contribution in [3.63, 3.8) is 0 Å². The molecule has 4 heteroatoms. The number of H-pyrrole nitrogens is 1. The predicted octanol–water partition coefficient (Wildman–Crippen LogP) is 2.32. The van der Waals surface area contributed by atoms with Gasteiger partial charge in [0.2, 0.25) is 5.91 Å². The molecule has 15 heavy (non-hydrogen) atoms. The van der Waals surface area contributed by atoms with Crippen molar-refractivity contribution in [3.8, 4) is 0 Å². The first-order valence-electron chi connectivity index (χ1n) is 4.41. The van der Waals surface area contributed by atoms with Crippen molar-refractivity contribution >= 4 is 34.5 Å². The van der Waals surface area contributed by atoms with Crippen molar-refractivity contribution < 1.29 is 4.79 Å². The summed E-state index contributed by atoms with van der Waals surface area (Å²) in [7, 11) is 0. The lowest BCUT2D eigenvalue weighted by atomic mass is 10.1. The van der Waals surface area contributed by atoms with Gasteiger partial charge in [-0.25, -0.2) is 0 Å². The normalized spacial score (nSPS) is 11.3. The van der Waals surface area contributed by atoms with E-state index in [1.165, 1.54) is 6.08 Å². The molecule has 76 valence electrons. The van der Waals surface area contributed by atoms with Gasteiger partial charge < -0.3 is 10.7 Å². The zero-order valence-corrected chi connectivity index (χ0v) is 8.58. The van der Waals surface area contributed by atoms with E-state index in [-0.39, 0.29) is 0 Å². The van der Waals surface area contributed by atoms with Gasteiger partial charge >= 0.3 is 0 Å². The van der Waals surface area contributed by atoms with Gasteiger partial charge in [0.05, 0.1) is 5.02 Å². The zero-order chi connectivity index (χ0) is 10.8. The molecule has 0 atom stereocenters. The number of hydrogen-bond donors (Lipinski definition) is 2. The number of nitrogens with two attached hydrogens (primary N) is 1. The summed E-state index contributed by atoms with van der Waals surface area (Å²) in [6, 6.07) is 5.59. The fraction of sp³-hybridized carbons (Fsp3) is 0. The molecule has 1 aromatic carbocycles. The first-order valence-corrected chi connectivity index (χ1v) is 4.79. The Bertz CT molecular complexity index is 543. The summed E-state index contributed by atoms with van der Waals surface area (Å²) in [5, 5.41) is 1.55. The number of amides is 1. The number of fused-ring (bicyclic) bond motifs is 1. The van der Waals surface area contributed by atoms with Crippen molar-refractivity contribution in [3.05, 3.63) is 41.1 Å². The number of hydrogen-bond acceptors (Lipinski definition) is 1. The van der Waals surface area contributed by atoms with Gasteiger partial charge in [-0.1, -0.05) is 17.7 Å². The summed E-state index contributed by atoms with van der Waals surface area (Å²) in [4.78, 5) is 13.7. The third-order valence-corrected chi connectivity index (χ3v) is 2.43. The van der Waals surface area contributed by atoms with Gasteiger partial charge in [-0.2, -0.15) is 0 Å².